The lowest BCUT2D eigenvalue weighted by Gasteiger charge is -2.04. The third kappa shape index (κ3) is 3.75. The second kappa shape index (κ2) is 8.18. The molecule has 0 aliphatic heterocycles. The molecule has 0 amide bonds. The first-order valence-corrected chi connectivity index (χ1v) is 11.2. The largest absolute Gasteiger partial charge is 0.277 e. The van der Waals surface area contributed by atoms with E-state index >= 15 is 0 Å². The van der Waals surface area contributed by atoms with Gasteiger partial charge in [-0.15, -0.1) is 22.7 Å². The Bertz CT molecular complexity index is 1370. The second-order valence-corrected chi connectivity index (χ2v) is 8.75. The van der Waals surface area contributed by atoms with Gasteiger partial charge in [0.05, 0.1) is 26.5 Å². The van der Waals surface area contributed by atoms with Gasteiger partial charge in [0.1, 0.15) is 10.7 Å². The standard InChI is InChI=1S/C24H18N4S2/c1-16-22(30-23(25-16)17-10-4-2-5-11-17)21-24(28-27-18-12-6-3-7-13-18)29-20-15-9-8-14-19(20)26-21/h2-15,27H,1H3/b28-24-. The molecule has 0 radical (unpaired) electrons. The number of para-hydroxylation sites is 2. The third-order valence-electron chi connectivity index (χ3n) is 4.60. The number of aryl methyl sites for hydroxylation is 1. The molecule has 0 aliphatic carbocycles. The predicted molar refractivity (Wildman–Crippen MR) is 127 cm³/mol. The Morgan fingerprint density at radius 1 is 0.767 bits per heavy atom. The van der Waals surface area contributed by atoms with E-state index in [0.717, 1.165) is 47.4 Å². The molecule has 5 rings (SSSR count). The maximum absolute atomic E-state index is 4.97. The summed E-state index contributed by atoms with van der Waals surface area (Å²) in [6, 6.07) is 28.4. The summed E-state index contributed by atoms with van der Waals surface area (Å²) in [4.78, 5) is 10.8. The van der Waals surface area contributed by atoms with Crippen molar-refractivity contribution in [2.24, 2.45) is 5.10 Å². The Labute approximate surface area is 182 Å². The molecule has 3 aromatic carbocycles. The number of anilines is 1. The highest BCUT2D eigenvalue weighted by atomic mass is 32.1. The van der Waals surface area contributed by atoms with Crippen molar-refractivity contribution in [1.82, 2.24) is 9.97 Å². The van der Waals surface area contributed by atoms with E-state index in [9.17, 15) is 0 Å². The van der Waals surface area contributed by atoms with Crippen LogP contribution in [0.4, 0.5) is 5.69 Å². The summed E-state index contributed by atoms with van der Waals surface area (Å²) in [5.74, 6) is 0. The van der Waals surface area contributed by atoms with Gasteiger partial charge in [-0.1, -0.05) is 60.7 Å². The van der Waals surface area contributed by atoms with Crippen molar-refractivity contribution in [2.75, 3.05) is 5.43 Å². The zero-order valence-corrected chi connectivity index (χ0v) is 17.9. The van der Waals surface area contributed by atoms with E-state index in [1.54, 1.807) is 22.7 Å². The average molecular weight is 427 g/mol. The van der Waals surface area contributed by atoms with Crippen LogP contribution in [0.1, 0.15) is 5.69 Å². The Hall–Kier alpha value is -3.35. The third-order valence-corrected chi connectivity index (χ3v) is 6.86. The molecule has 1 N–H and O–H groups in total. The molecule has 0 atom stereocenters. The van der Waals surface area contributed by atoms with Gasteiger partial charge >= 0.3 is 0 Å². The van der Waals surface area contributed by atoms with Gasteiger partial charge in [-0.3, -0.25) is 5.43 Å². The van der Waals surface area contributed by atoms with Crippen LogP contribution >= 0.6 is 22.7 Å². The highest BCUT2D eigenvalue weighted by Gasteiger charge is 2.16. The summed E-state index contributed by atoms with van der Waals surface area (Å²) >= 11 is 3.28. The number of rotatable bonds is 4. The molecule has 2 heterocycles. The molecule has 0 bridgehead atoms. The van der Waals surface area contributed by atoms with E-state index in [0.29, 0.717) is 0 Å². The number of benzene rings is 3. The smallest absolute Gasteiger partial charge is 0.164 e. The maximum Gasteiger partial charge on any atom is 0.164 e. The summed E-state index contributed by atoms with van der Waals surface area (Å²) < 4.78 is 1.93. The molecule has 146 valence electrons. The minimum atomic E-state index is 0.837. The molecular weight excluding hydrogens is 408 g/mol. The Kier molecular flexibility index (Phi) is 5.09. The first-order chi connectivity index (χ1) is 14.8. The Morgan fingerprint density at radius 2 is 1.47 bits per heavy atom. The number of hydrogen-bond acceptors (Lipinski definition) is 6. The normalized spacial score (nSPS) is 11.7. The van der Waals surface area contributed by atoms with Crippen LogP contribution in [-0.2, 0) is 0 Å². The molecule has 0 saturated heterocycles. The van der Waals surface area contributed by atoms with Crippen LogP contribution in [0.5, 0.6) is 0 Å². The van der Waals surface area contributed by atoms with Gasteiger partial charge in [0.25, 0.3) is 0 Å². The fourth-order valence-electron chi connectivity index (χ4n) is 3.13. The summed E-state index contributed by atoms with van der Waals surface area (Å²) in [6.07, 6.45) is 0. The average Bonchev–Trinajstić information content (AvgIpc) is 3.20. The Morgan fingerprint density at radius 3 is 2.27 bits per heavy atom. The number of aromatic nitrogens is 2. The summed E-state index contributed by atoms with van der Waals surface area (Å²) in [5, 5.41) is 5.70. The Balaban J connectivity index is 1.67. The number of fused-ring (bicyclic) bond motifs is 1. The van der Waals surface area contributed by atoms with Gasteiger partial charge < -0.3 is 0 Å². The molecule has 0 unspecified atom stereocenters. The van der Waals surface area contributed by atoms with Gasteiger partial charge in [-0.2, -0.15) is 5.10 Å². The van der Waals surface area contributed by atoms with Gasteiger partial charge in [0.2, 0.25) is 0 Å². The molecule has 4 nitrogen and oxygen atoms in total. The lowest BCUT2D eigenvalue weighted by atomic mass is 10.2. The van der Waals surface area contributed by atoms with Crippen molar-refractivity contribution in [3.63, 3.8) is 0 Å². The SMILES string of the molecule is Cc1nc(-c2ccccc2)sc1-c1nc2ccccc2s/c1=N\Nc1ccccc1. The monoisotopic (exact) mass is 426 g/mol. The van der Waals surface area contributed by atoms with Crippen molar-refractivity contribution in [2.45, 2.75) is 6.92 Å². The number of hydrogen-bond donors (Lipinski definition) is 1. The minimum Gasteiger partial charge on any atom is -0.277 e. The van der Waals surface area contributed by atoms with E-state index in [4.69, 9.17) is 15.1 Å². The molecule has 5 aromatic rings. The molecule has 0 aliphatic rings. The van der Waals surface area contributed by atoms with Crippen molar-refractivity contribution in [3.8, 4) is 21.1 Å². The van der Waals surface area contributed by atoms with Crippen molar-refractivity contribution in [1.29, 1.82) is 0 Å². The molecule has 0 spiro atoms. The number of nitrogens with one attached hydrogen (secondary N) is 1. The molecule has 2 aromatic heterocycles. The van der Waals surface area contributed by atoms with Crippen molar-refractivity contribution >= 4 is 38.6 Å². The quantitative estimate of drug-likeness (QED) is 0.342. The van der Waals surface area contributed by atoms with Crippen LogP contribution in [-0.4, -0.2) is 9.97 Å². The summed E-state index contributed by atoms with van der Waals surface area (Å²) in [5.41, 5.74) is 8.01. The van der Waals surface area contributed by atoms with Crippen LogP contribution < -0.4 is 10.1 Å². The van der Waals surface area contributed by atoms with E-state index in [-0.39, 0.29) is 0 Å². The van der Waals surface area contributed by atoms with E-state index in [1.807, 2.05) is 73.7 Å². The summed E-state index contributed by atoms with van der Waals surface area (Å²) in [7, 11) is 0. The highest BCUT2D eigenvalue weighted by molar-refractivity contribution is 7.19. The molecule has 0 saturated carbocycles. The molecular formula is C24H18N4S2. The van der Waals surface area contributed by atoms with Crippen molar-refractivity contribution < 1.29 is 0 Å². The molecule has 6 heteroatoms. The van der Waals surface area contributed by atoms with Gasteiger partial charge in [0.15, 0.2) is 4.67 Å². The second-order valence-electron chi connectivity index (χ2n) is 6.72. The lowest BCUT2D eigenvalue weighted by Crippen LogP contribution is -2.08. The first kappa shape index (κ1) is 18.7. The maximum atomic E-state index is 4.97. The van der Waals surface area contributed by atoms with E-state index < -0.39 is 0 Å². The molecule has 0 fully saturated rings. The minimum absolute atomic E-state index is 0.837. The zero-order chi connectivity index (χ0) is 20.3. The fraction of sp³-hybridized carbons (Fsp3) is 0.0417. The number of nitrogens with zero attached hydrogens (tertiary/aromatic N) is 3. The topological polar surface area (TPSA) is 50.2 Å². The van der Waals surface area contributed by atoms with Gasteiger partial charge in [0, 0.05) is 5.56 Å². The van der Waals surface area contributed by atoms with Crippen LogP contribution in [0.25, 0.3) is 31.4 Å². The summed E-state index contributed by atoms with van der Waals surface area (Å²) in [6.45, 7) is 2.04. The predicted octanol–water partition coefficient (Wildman–Crippen LogP) is 6.32. The molecule has 30 heavy (non-hydrogen) atoms. The zero-order valence-electron chi connectivity index (χ0n) is 16.2. The highest BCUT2D eigenvalue weighted by Crippen LogP contribution is 2.34. The van der Waals surface area contributed by atoms with Gasteiger partial charge in [-0.05, 0) is 31.2 Å². The van der Waals surface area contributed by atoms with Crippen molar-refractivity contribution in [3.05, 3.63) is 95.3 Å². The first-order valence-electron chi connectivity index (χ1n) is 9.56. The van der Waals surface area contributed by atoms with E-state index in [2.05, 4.69) is 23.6 Å². The van der Waals surface area contributed by atoms with Crippen LogP contribution in [0.3, 0.4) is 0 Å². The number of thiazole rings is 1. The fourth-order valence-corrected chi connectivity index (χ4v) is 5.16. The van der Waals surface area contributed by atoms with Crippen LogP contribution in [0.15, 0.2) is 90.0 Å². The lowest BCUT2D eigenvalue weighted by molar-refractivity contribution is 1.22. The van der Waals surface area contributed by atoms with Crippen LogP contribution in [0.2, 0.25) is 0 Å². The van der Waals surface area contributed by atoms with Crippen LogP contribution in [0, 0.1) is 6.92 Å². The van der Waals surface area contributed by atoms with Gasteiger partial charge in [-0.25, -0.2) is 9.97 Å². The van der Waals surface area contributed by atoms with E-state index in [1.165, 1.54) is 0 Å².